The SMILES string of the molecule is NCCc1c(F)cccc1N1CCCCCCC1. The lowest BCUT2D eigenvalue weighted by Gasteiger charge is -2.29. The number of hydrogen-bond donors (Lipinski definition) is 1. The first kappa shape index (κ1) is 13.3. The van der Waals surface area contributed by atoms with Crippen molar-refractivity contribution in [3.8, 4) is 0 Å². The van der Waals surface area contributed by atoms with E-state index in [0.29, 0.717) is 13.0 Å². The maximum atomic E-state index is 13.9. The molecule has 0 radical (unpaired) electrons. The lowest BCUT2D eigenvalue weighted by atomic mass is 10.0. The van der Waals surface area contributed by atoms with Crippen molar-refractivity contribution in [1.82, 2.24) is 0 Å². The van der Waals surface area contributed by atoms with Crippen LogP contribution in [-0.4, -0.2) is 19.6 Å². The molecule has 1 heterocycles. The first-order valence-corrected chi connectivity index (χ1v) is 7.05. The van der Waals surface area contributed by atoms with Crippen molar-refractivity contribution < 1.29 is 4.39 Å². The minimum Gasteiger partial charge on any atom is -0.371 e. The third-order valence-corrected chi connectivity index (χ3v) is 3.69. The van der Waals surface area contributed by atoms with E-state index < -0.39 is 0 Å². The second-order valence-corrected chi connectivity index (χ2v) is 5.03. The molecular formula is C15H23FN2. The highest BCUT2D eigenvalue weighted by molar-refractivity contribution is 5.54. The molecule has 0 aliphatic carbocycles. The summed E-state index contributed by atoms with van der Waals surface area (Å²) in [6.07, 6.45) is 6.96. The molecular weight excluding hydrogens is 227 g/mol. The number of benzene rings is 1. The zero-order chi connectivity index (χ0) is 12.8. The van der Waals surface area contributed by atoms with Crippen molar-refractivity contribution in [2.75, 3.05) is 24.5 Å². The van der Waals surface area contributed by atoms with Crippen molar-refractivity contribution in [3.05, 3.63) is 29.6 Å². The van der Waals surface area contributed by atoms with Gasteiger partial charge in [0.15, 0.2) is 0 Å². The minimum atomic E-state index is -0.111. The molecule has 0 saturated carbocycles. The maximum absolute atomic E-state index is 13.9. The molecule has 2 rings (SSSR count). The fourth-order valence-electron chi connectivity index (χ4n) is 2.72. The van der Waals surface area contributed by atoms with Gasteiger partial charge in [0.25, 0.3) is 0 Å². The summed E-state index contributed by atoms with van der Waals surface area (Å²) in [5.74, 6) is -0.111. The third-order valence-electron chi connectivity index (χ3n) is 3.69. The van der Waals surface area contributed by atoms with E-state index in [2.05, 4.69) is 4.90 Å². The molecule has 3 heteroatoms. The van der Waals surface area contributed by atoms with E-state index in [0.717, 1.165) is 24.3 Å². The van der Waals surface area contributed by atoms with Crippen LogP contribution in [0.5, 0.6) is 0 Å². The summed E-state index contributed by atoms with van der Waals surface area (Å²) >= 11 is 0. The maximum Gasteiger partial charge on any atom is 0.128 e. The van der Waals surface area contributed by atoms with Crippen LogP contribution < -0.4 is 10.6 Å². The van der Waals surface area contributed by atoms with Crippen LogP contribution in [0.25, 0.3) is 0 Å². The average molecular weight is 250 g/mol. The quantitative estimate of drug-likeness (QED) is 0.893. The van der Waals surface area contributed by atoms with Gasteiger partial charge in [0.05, 0.1) is 0 Å². The van der Waals surface area contributed by atoms with Gasteiger partial charge in [-0.1, -0.05) is 25.3 Å². The minimum absolute atomic E-state index is 0.111. The first-order chi connectivity index (χ1) is 8.83. The largest absolute Gasteiger partial charge is 0.371 e. The molecule has 1 aromatic rings. The predicted octanol–water partition coefficient (Wildman–Crippen LogP) is 3.10. The summed E-state index contributed by atoms with van der Waals surface area (Å²) < 4.78 is 13.9. The Morgan fingerprint density at radius 3 is 2.39 bits per heavy atom. The van der Waals surface area contributed by atoms with Crippen LogP contribution in [0, 0.1) is 5.82 Å². The molecule has 1 aromatic carbocycles. The molecule has 1 saturated heterocycles. The smallest absolute Gasteiger partial charge is 0.128 e. The van der Waals surface area contributed by atoms with E-state index in [-0.39, 0.29) is 5.82 Å². The van der Waals surface area contributed by atoms with Crippen LogP contribution in [0.4, 0.5) is 10.1 Å². The molecule has 18 heavy (non-hydrogen) atoms. The van der Waals surface area contributed by atoms with Crippen LogP contribution in [0.1, 0.15) is 37.7 Å². The number of rotatable bonds is 3. The molecule has 0 spiro atoms. The molecule has 0 bridgehead atoms. The number of hydrogen-bond acceptors (Lipinski definition) is 2. The van der Waals surface area contributed by atoms with Gasteiger partial charge in [-0.05, 0) is 37.9 Å². The van der Waals surface area contributed by atoms with E-state index in [1.54, 1.807) is 6.07 Å². The lowest BCUT2D eigenvalue weighted by molar-refractivity contribution is 0.552. The molecule has 1 aliphatic rings. The summed E-state index contributed by atoms with van der Waals surface area (Å²) in [6, 6.07) is 5.39. The van der Waals surface area contributed by atoms with Gasteiger partial charge in [0.2, 0.25) is 0 Å². The highest BCUT2D eigenvalue weighted by Gasteiger charge is 2.15. The van der Waals surface area contributed by atoms with Crippen LogP contribution in [0.2, 0.25) is 0 Å². The molecule has 0 aromatic heterocycles. The summed E-state index contributed by atoms with van der Waals surface area (Å²) in [4.78, 5) is 2.34. The van der Waals surface area contributed by atoms with E-state index in [1.807, 2.05) is 12.1 Å². The zero-order valence-electron chi connectivity index (χ0n) is 11.0. The van der Waals surface area contributed by atoms with Crippen molar-refractivity contribution in [2.45, 2.75) is 38.5 Å². The monoisotopic (exact) mass is 250 g/mol. The van der Waals surface area contributed by atoms with Gasteiger partial charge >= 0.3 is 0 Å². The number of nitrogens with zero attached hydrogens (tertiary/aromatic N) is 1. The lowest BCUT2D eigenvalue weighted by Crippen LogP contribution is -2.28. The molecule has 1 fully saturated rings. The van der Waals surface area contributed by atoms with Gasteiger partial charge in [-0.15, -0.1) is 0 Å². The average Bonchev–Trinajstić information content (AvgIpc) is 2.32. The molecule has 2 N–H and O–H groups in total. The van der Waals surface area contributed by atoms with E-state index in [1.165, 1.54) is 32.1 Å². The van der Waals surface area contributed by atoms with Gasteiger partial charge in [-0.25, -0.2) is 4.39 Å². The van der Waals surface area contributed by atoms with E-state index in [4.69, 9.17) is 5.73 Å². The summed E-state index contributed by atoms with van der Waals surface area (Å²) in [7, 11) is 0. The zero-order valence-corrected chi connectivity index (χ0v) is 11.0. The summed E-state index contributed by atoms with van der Waals surface area (Å²) in [5, 5.41) is 0. The Labute approximate surface area is 109 Å². The summed E-state index contributed by atoms with van der Waals surface area (Å²) in [5.41, 5.74) is 7.45. The normalized spacial score (nSPS) is 17.3. The van der Waals surface area contributed by atoms with Crippen LogP contribution >= 0.6 is 0 Å². The fraction of sp³-hybridized carbons (Fsp3) is 0.600. The molecule has 1 aliphatic heterocycles. The van der Waals surface area contributed by atoms with Crippen LogP contribution in [-0.2, 0) is 6.42 Å². The van der Waals surface area contributed by atoms with Crippen molar-refractivity contribution >= 4 is 5.69 Å². The summed E-state index contributed by atoms with van der Waals surface area (Å²) in [6.45, 7) is 2.59. The topological polar surface area (TPSA) is 29.3 Å². The molecule has 0 atom stereocenters. The van der Waals surface area contributed by atoms with Gasteiger partial charge < -0.3 is 10.6 Å². The Balaban J connectivity index is 2.21. The number of anilines is 1. The Bertz CT molecular complexity index is 371. The van der Waals surface area contributed by atoms with Crippen molar-refractivity contribution in [2.24, 2.45) is 5.73 Å². The third kappa shape index (κ3) is 3.22. The highest BCUT2D eigenvalue weighted by Crippen LogP contribution is 2.25. The Kier molecular flexibility index (Phi) is 5.00. The second-order valence-electron chi connectivity index (χ2n) is 5.03. The molecule has 0 amide bonds. The Hall–Kier alpha value is -1.09. The molecule has 2 nitrogen and oxygen atoms in total. The van der Waals surface area contributed by atoms with Crippen LogP contribution in [0.15, 0.2) is 18.2 Å². The predicted molar refractivity (Wildman–Crippen MR) is 74.5 cm³/mol. The Morgan fingerprint density at radius 2 is 1.72 bits per heavy atom. The molecule has 100 valence electrons. The Morgan fingerprint density at radius 1 is 1.06 bits per heavy atom. The standard InChI is InChI=1S/C15H23FN2/c16-14-7-6-8-15(13(14)9-10-17)18-11-4-2-1-3-5-12-18/h6-8H,1-5,9-12,17H2. The van der Waals surface area contributed by atoms with E-state index in [9.17, 15) is 4.39 Å². The van der Waals surface area contributed by atoms with Crippen LogP contribution in [0.3, 0.4) is 0 Å². The molecule has 0 unspecified atom stereocenters. The fourth-order valence-corrected chi connectivity index (χ4v) is 2.72. The van der Waals surface area contributed by atoms with E-state index >= 15 is 0 Å². The van der Waals surface area contributed by atoms with Crippen molar-refractivity contribution in [3.63, 3.8) is 0 Å². The van der Waals surface area contributed by atoms with Crippen molar-refractivity contribution in [1.29, 1.82) is 0 Å². The number of halogens is 1. The highest BCUT2D eigenvalue weighted by atomic mass is 19.1. The first-order valence-electron chi connectivity index (χ1n) is 7.05. The van der Waals surface area contributed by atoms with Gasteiger partial charge in [0, 0.05) is 24.3 Å². The van der Waals surface area contributed by atoms with Gasteiger partial charge in [-0.3, -0.25) is 0 Å². The number of nitrogens with two attached hydrogens (primary N) is 1. The van der Waals surface area contributed by atoms with Gasteiger partial charge in [0.1, 0.15) is 5.82 Å². The second kappa shape index (κ2) is 6.74. The van der Waals surface area contributed by atoms with Gasteiger partial charge in [-0.2, -0.15) is 0 Å².